The number of hydrogen-bond acceptors (Lipinski definition) is 4. The fourth-order valence-electron chi connectivity index (χ4n) is 7.26. The van der Waals surface area contributed by atoms with Crippen LogP contribution in [0.2, 0.25) is 0 Å². The Kier molecular flexibility index (Phi) is 7.43. The first-order valence-corrected chi connectivity index (χ1v) is 17.8. The molecule has 0 bridgehead atoms. The zero-order valence-electron chi connectivity index (χ0n) is 28.6. The number of aromatic nitrogens is 3. The molecule has 53 heavy (non-hydrogen) atoms. The van der Waals surface area contributed by atoms with Crippen molar-refractivity contribution in [1.82, 2.24) is 15.0 Å². The first-order chi connectivity index (χ1) is 26.2. The second-order valence-corrected chi connectivity index (χ2v) is 13.2. The molecule has 0 fully saturated rings. The van der Waals surface area contributed by atoms with Crippen LogP contribution in [0.1, 0.15) is 0 Å². The summed E-state index contributed by atoms with van der Waals surface area (Å²) >= 11 is 0. The van der Waals surface area contributed by atoms with Crippen molar-refractivity contribution in [3.8, 4) is 67.5 Å². The molecule has 10 aromatic rings. The van der Waals surface area contributed by atoms with Gasteiger partial charge in [-0.25, -0.2) is 15.0 Å². The quantitative estimate of drug-likeness (QED) is 0.176. The number of fused-ring (bicyclic) bond motifs is 4. The van der Waals surface area contributed by atoms with Gasteiger partial charge in [-0.05, 0) is 50.7 Å². The molecule has 0 spiro atoms. The fraction of sp³-hybridized carbons (Fsp3) is 0. The largest absolute Gasteiger partial charge is 0.455 e. The average molecular weight is 678 g/mol. The van der Waals surface area contributed by atoms with Crippen molar-refractivity contribution in [2.75, 3.05) is 0 Å². The molecule has 0 aliphatic carbocycles. The summed E-state index contributed by atoms with van der Waals surface area (Å²) in [4.78, 5) is 15.2. The molecule has 248 valence electrons. The van der Waals surface area contributed by atoms with Crippen molar-refractivity contribution in [3.05, 3.63) is 188 Å². The summed E-state index contributed by atoms with van der Waals surface area (Å²) in [5.74, 6) is 1.83. The molecule has 4 heteroatoms. The predicted molar refractivity (Wildman–Crippen MR) is 217 cm³/mol. The monoisotopic (exact) mass is 677 g/mol. The third-order valence-electron chi connectivity index (χ3n) is 9.96. The predicted octanol–water partition coefficient (Wildman–Crippen LogP) is 12.9. The van der Waals surface area contributed by atoms with Gasteiger partial charge in [0.1, 0.15) is 11.2 Å². The first-order valence-electron chi connectivity index (χ1n) is 17.8. The van der Waals surface area contributed by atoms with Crippen LogP contribution in [0.3, 0.4) is 0 Å². The molecule has 10 rings (SSSR count). The summed E-state index contributed by atoms with van der Waals surface area (Å²) in [6, 6.07) is 65.2. The van der Waals surface area contributed by atoms with Crippen LogP contribution in [0.15, 0.2) is 192 Å². The van der Waals surface area contributed by atoms with Crippen LogP contribution in [-0.2, 0) is 0 Å². The highest BCUT2D eigenvalue weighted by atomic mass is 16.3. The van der Waals surface area contributed by atoms with Gasteiger partial charge in [0.05, 0.1) is 0 Å². The van der Waals surface area contributed by atoms with Crippen LogP contribution in [0.4, 0.5) is 0 Å². The maximum absolute atomic E-state index is 6.68. The van der Waals surface area contributed by atoms with E-state index in [2.05, 4.69) is 140 Å². The number of furan rings is 1. The van der Waals surface area contributed by atoms with Gasteiger partial charge >= 0.3 is 0 Å². The van der Waals surface area contributed by atoms with E-state index >= 15 is 0 Å². The Hall–Kier alpha value is -7.17. The van der Waals surface area contributed by atoms with Gasteiger partial charge < -0.3 is 4.42 Å². The van der Waals surface area contributed by atoms with Gasteiger partial charge in [-0.3, -0.25) is 0 Å². The highest BCUT2D eigenvalue weighted by molar-refractivity contribution is 6.15. The van der Waals surface area contributed by atoms with Gasteiger partial charge in [0.15, 0.2) is 17.5 Å². The first kappa shape index (κ1) is 30.6. The van der Waals surface area contributed by atoms with Gasteiger partial charge in [0, 0.05) is 33.0 Å². The van der Waals surface area contributed by atoms with Gasteiger partial charge in [-0.2, -0.15) is 0 Å². The Labute approximate surface area is 306 Å². The van der Waals surface area contributed by atoms with Crippen LogP contribution >= 0.6 is 0 Å². The summed E-state index contributed by atoms with van der Waals surface area (Å²) in [6.07, 6.45) is 0. The van der Waals surface area contributed by atoms with E-state index < -0.39 is 0 Å². The summed E-state index contributed by atoms with van der Waals surface area (Å²) < 4.78 is 6.68. The molecule has 4 nitrogen and oxygen atoms in total. The maximum Gasteiger partial charge on any atom is 0.164 e. The lowest BCUT2D eigenvalue weighted by Crippen LogP contribution is -2.00. The molecule has 0 radical (unpaired) electrons. The number of benzene rings is 8. The smallest absolute Gasteiger partial charge is 0.164 e. The van der Waals surface area contributed by atoms with Crippen molar-refractivity contribution in [2.24, 2.45) is 0 Å². The number of hydrogen-bond donors (Lipinski definition) is 0. The molecule has 0 atom stereocenters. The van der Waals surface area contributed by atoms with E-state index in [1.807, 2.05) is 48.5 Å². The minimum absolute atomic E-state index is 0.597. The second-order valence-electron chi connectivity index (χ2n) is 13.2. The molecule has 0 aliphatic heterocycles. The number of para-hydroxylation sites is 1. The van der Waals surface area contributed by atoms with Crippen molar-refractivity contribution in [3.63, 3.8) is 0 Å². The van der Waals surface area contributed by atoms with Gasteiger partial charge in [-0.15, -0.1) is 0 Å². The highest BCUT2D eigenvalue weighted by Gasteiger charge is 2.19. The van der Waals surface area contributed by atoms with Crippen LogP contribution in [0.25, 0.3) is 100 Å². The lowest BCUT2D eigenvalue weighted by molar-refractivity contribution is 0.670. The molecular weight excluding hydrogens is 647 g/mol. The summed E-state index contributed by atoms with van der Waals surface area (Å²) in [6.45, 7) is 0. The molecule has 2 heterocycles. The molecule has 2 aromatic heterocycles. The van der Waals surface area contributed by atoms with Crippen LogP contribution in [0, 0.1) is 0 Å². The molecule has 0 aliphatic rings. The number of nitrogens with zero attached hydrogens (tertiary/aromatic N) is 3. The Morgan fingerprint density at radius 1 is 0.321 bits per heavy atom. The average Bonchev–Trinajstić information content (AvgIpc) is 3.63. The normalized spacial score (nSPS) is 11.4. The molecule has 0 amide bonds. The maximum atomic E-state index is 6.68. The summed E-state index contributed by atoms with van der Waals surface area (Å²) in [5, 5.41) is 4.47. The van der Waals surface area contributed by atoms with E-state index in [4.69, 9.17) is 19.4 Å². The lowest BCUT2D eigenvalue weighted by Gasteiger charge is -2.10. The lowest BCUT2D eigenvalue weighted by atomic mass is 9.97. The van der Waals surface area contributed by atoms with Gasteiger partial charge in [0.25, 0.3) is 0 Å². The van der Waals surface area contributed by atoms with E-state index in [0.29, 0.717) is 17.5 Å². The fourth-order valence-corrected chi connectivity index (χ4v) is 7.26. The molecule has 0 N–H and O–H groups in total. The summed E-state index contributed by atoms with van der Waals surface area (Å²) in [5.41, 5.74) is 11.2. The second kappa shape index (κ2) is 12.9. The van der Waals surface area contributed by atoms with E-state index in [0.717, 1.165) is 55.3 Å². The number of rotatable bonds is 6. The molecule has 0 saturated heterocycles. The zero-order valence-corrected chi connectivity index (χ0v) is 28.6. The molecule has 0 unspecified atom stereocenters. The van der Waals surface area contributed by atoms with Crippen LogP contribution in [0.5, 0.6) is 0 Å². The molecule has 0 saturated carbocycles. The minimum Gasteiger partial charge on any atom is -0.455 e. The Morgan fingerprint density at radius 2 is 0.830 bits per heavy atom. The van der Waals surface area contributed by atoms with Crippen LogP contribution < -0.4 is 0 Å². The van der Waals surface area contributed by atoms with Gasteiger partial charge in [0.2, 0.25) is 0 Å². The minimum atomic E-state index is 0.597. The Balaban J connectivity index is 1.08. The summed E-state index contributed by atoms with van der Waals surface area (Å²) in [7, 11) is 0. The molecular formula is C49H31N3O. The topological polar surface area (TPSA) is 51.8 Å². The van der Waals surface area contributed by atoms with E-state index in [-0.39, 0.29) is 0 Å². The third-order valence-corrected chi connectivity index (χ3v) is 9.96. The SMILES string of the molecule is c1ccc(-c2ccc(-c3nc(-c4ccccc4)nc(-c4cccc5oc6c(-c7ccc(-c8ccc9ccccc9c8)cc7)cccc6c45)n3)cc2)cc1. The Morgan fingerprint density at radius 3 is 1.57 bits per heavy atom. The van der Waals surface area contributed by atoms with Crippen LogP contribution in [-0.4, -0.2) is 15.0 Å². The zero-order chi connectivity index (χ0) is 35.1. The third kappa shape index (κ3) is 5.63. The van der Waals surface area contributed by atoms with E-state index in [9.17, 15) is 0 Å². The van der Waals surface area contributed by atoms with E-state index in [1.54, 1.807) is 0 Å². The molecule has 8 aromatic carbocycles. The van der Waals surface area contributed by atoms with Gasteiger partial charge in [-0.1, -0.05) is 176 Å². The highest BCUT2D eigenvalue weighted by Crippen LogP contribution is 2.41. The standard InChI is InChI=1S/C49H31N3O/c1-3-11-32(12-4-1)34-23-28-38(29-24-34)48-50-47(37-14-5-2-6-15-37)51-49(52-48)43-19-10-20-44-45(43)42-18-9-17-41(46(42)53-44)36-26-21-35(22-27-36)40-30-25-33-13-7-8-16-39(33)31-40/h1-31H. The van der Waals surface area contributed by atoms with Crippen molar-refractivity contribution in [1.29, 1.82) is 0 Å². The Bertz CT molecular complexity index is 2910. The van der Waals surface area contributed by atoms with E-state index in [1.165, 1.54) is 27.5 Å². The van der Waals surface area contributed by atoms with Crippen molar-refractivity contribution >= 4 is 32.7 Å². The van der Waals surface area contributed by atoms with Crippen molar-refractivity contribution in [2.45, 2.75) is 0 Å². The van der Waals surface area contributed by atoms with Crippen molar-refractivity contribution < 1.29 is 4.42 Å².